The van der Waals surface area contributed by atoms with E-state index >= 15 is 0 Å². The van der Waals surface area contributed by atoms with E-state index in [0.717, 1.165) is 18.6 Å². The Labute approximate surface area is 104 Å². The smallest absolute Gasteiger partial charge is 0.122 e. The molecule has 2 N–H and O–H groups in total. The molecule has 3 atom stereocenters. The summed E-state index contributed by atoms with van der Waals surface area (Å²) in [5, 5.41) is 0. The van der Waals surface area contributed by atoms with Crippen LogP contribution in [0.1, 0.15) is 37.8 Å². The highest BCUT2D eigenvalue weighted by atomic mass is 16.5. The topological polar surface area (TPSA) is 35.2 Å². The van der Waals surface area contributed by atoms with E-state index in [1.54, 1.807) is 0 Å². The molecule has 0 radical (unpaired) electrons. The minimum Gasteiger partial charge on any atom is -0.489 e. The molecule has 1 fully saturated rings. The molecule has 0 heterocycles. The van der Waals surface area contributed by atoms with Gasteiger partial charge in [-0.2, -0.15) is 0 Å². The second-order valence-corrected chi connectivity index (χ2v) is 5.58. The van der Waals surface area contributed by atoms with Crippen molar-refractivity contribution in [3.8, 4) is 5.75 Å². The van der Waals surface area contributed by atoms with Crippen LogP contribution in [0.15, 0.2) is 18.2 Å². The van der Waals surface area contributed by atoms with Gasteiger partial charge < -0.3 is 10.5 Å². The minimum absolute atomic E-state index is 0.136. The number of hydrogen-bond donors (Lipinski definition) is 1. The van der Waals surface area contributed by atoms with Gasteiger partial charge in [0.15, 0.2) is 0 Å². The third-order valence-corrected chi connectivity index (χ3v) is 4.41. The summed E-state index contributed by atoms with van der Waals surface area (Å²) in [6.07, 6.45) is 2.31. The molecule has 2 heteroatoms. The molecular weight excluding hydrogens is 210 g/mol. The number of nitrogens with two attached hydrogens (primary N) is 1. The van der Waals surface area contributed by atoms with Crippen molar-refractivity contribution in [2.75, 3.05) is 0 Å². The zero-order valence-electron chi connectivity index (χ0n) is 11.3. The zero-order chi connectivity index (χ0) is 12.6. The van der Waals surface area contributed by atoms with Crippen molar-refractivity contribution in [3.63, 3.8) is 0 Å². The van der Waals surface area contributed by atoms with Crippen molar-refractivity contribution in [2.24, 2.45) is 11.1 Å². The molecule has 1 aliphatic carbocycles. The van der Waals surface area contributed by atoms with Crippen molar-refractivity contribution < 1.29 is 4.74 Å². The normalized spacial score (nSPS) is 32.1. The van der Waals surface area contributed by atoms with E-state index in [2.05, 4.69) is 45.9 Å². The summed E-state index contributed by atoms with van der Waals surface area (Å²) in [6, 6.07) is 6.62. The van der Waals surface area contributed by atoms with Crippen molar-refractivity contribution in [1.29, 1.82) is 0 Å². The van der Waals surface area contributed by atoms with E-state index in [1.807, 2.05) is 0 Å². The third kappa shape index (κ3) is 2.06. The highest BCUT2D eigenvalue weighted by Crippen LogP contribution is 2.45. The molecule has 1 saturated carbocycles. The molecular formula is C15H23NO. The van der Waals surface area contributed by atoms with Crippen molar-refractivity contribution in [3.05, 3.63) is 29.3 Å². The molecule has 1 aromatic carbocycles. The van der Waals surface area contributed by atoms with Crippen LogP contribution in [0.5, 0.6) is 5.75 Å². The van der Waals surface area contributed by atoms with Crippen LogP contribution in [0, 0.1) is 19.3 Å². The summed E-state index contributed by atoms with van der Waals surface area (Å²) < 4.78 is 6.13. The van der Waals surface area contributed by atoms with E-state index < -0.39 is 0 Å². The Bertz CT molecular complexity index is 415. The Balaban J connectivity index is 2.12. The van der Waals surface area contributed by atoms with Crippen LogP contribution in [0.4, 0.5) is 0 Å². The highest BCUT2D eigenvalue weighted by Gasteiger charge is 2.50. The van der Waals surface area contributed by atoms with Crippen LogP contribution in [0.2, 0.25) is 0 Å². The first kappa shape index (κ1) is 12.4. The van der Waals surface area contributed by atoms with Gasteiger partial charge in [-0.1, -0.05) is 31.5 Å². The lowest BCUT2D eigenvalue weighted by molar-refractivity contribution is -0.0563. The van der Waals surface area contributed by atoms with Gasteiger partial charge in [0, 0.05) is 17.9 Å². The number of hydrogen-bond acceptors (Lipinski definition) is 2. The molecule has 0 saturated heterocycles. The molecule has 2 nitrogen and oxygen atoms in total. The Morgan fingerprint density at radius 1 is 1.41 bits per heavy atom. The predicted octanol–water partition coefficient (Wildman–Crippen LogP) is 3.20. The Kier molecular flexibility index (Phi) is 3.17. The SMILES string of the molecule is CCC1(C)C(N)CC1Oc1ccc(C)cc1C. The molecule has 0 spiro atoms. The second kappa shape index (κ2) is 4.34. The Morgan fingerprint density at radius 2 is 2.12 bits per heavy atom. The van der Waals surface area contributed by atoms with Gasteiger partial charge in [0.25, 0.3) is 0 Å². The van der Waals surface area contributed by atoms with Crippen LogP contribution in [0.25, 0.3) is 0 Å². The first-order valence-corrected chi connectivity index (χ1v) is 6.47. The monoisotopic (exact) mass is 233 g/mol. The van der Waals surface area contributed by atoms with E-state index in [0.29, 0.717) is 0 Å². The number of rotatable bonds is 3. The van der Waals surface area contributed by atoms with Crippen molar-refractivity contribution in [1.82, 2.24) is 0 Å². The van der Waals surface area contributed by atoms with E-state index in [9.17, 15) is 0 Å². The molecule has 17 heavy (non-hydrogen) atoms. The number of aryl methyl sites for hydroxylation is 2. The fourth-order valence-corrected chi connectivity index (χ4v) is 2.60. The maximum Gasteiger partial charge on any atom is 0.122 e. The first-order chi connectivity index (χ1) is 7.97. The Hall–Kier alpha value is -1.02. The quantitative estimate of drug-likeness (QED) is 0.870. The van der Waals surface area contributed by atoms with Gasteiger partial charge in [-0.15, -0.1) is 0 Å². The van der Waals surface area contributed by atoms with E-state index in [1.165, 1.54) is 11.1 Å². The molecule has 0 aromatic heterocycles. The summed E-state index contributed by atoms with van der Waals surface area (Å²) in [7, 11) is 0. The molecule has 1 aromatic rings. The lowest BCUT2D eigenvalue weighted by atomic mass is 9.62. The van der Waals surface area contributed by atoms with Crippen LogP contribution >= 0.6 is 0 Å². The van der Waals surface area contributed by atoms with E-state index in [-0.39, 0.29) is 17.6 Å². The van der Waals surface area contributed by atoms with Gasteiger partial charge in [0.05, 0.1) is 0 Å². The zero-order valence-corrected chi connectivity index (χ0v) is 11.3. The average molecular weight is 233 g/mol. The summed E-state index contributed by atoms with van der Waals surface area (Å²) in [6.45, 7) is 8.63. The fourth-order valence-electron chi connectivity index (χ4n) is 2.60. The van der Waals surface area contributed by atoms with Crippen molar-refractivity contribution in [2.45, 2.75) is 52.7 Å². The van der Waals surface area contributed by atoms with Crippen molar-refractivity contribution >= 4 is 0 Å². The maximum atomic E-state index is 6.13. The molecule has 0 bridgehead atoms. The van der Waals surface area contributed by atoms with Gasteiger partial charge in [0.1, 0.15) is 11.9 Å². The molecule has 0 aliphatic heterocycles. The molecule has 0 amide bonds. The van der Waals surface area contributed by atoms with Gasteiger partial charge in [-0.05, 0) is 31.9 Å². The van der Waals surface area contributed by atoms with Crippen LogP contribution < -0.4 is 10.5 Å². The fraction of sp³-hybridized carbons (Fsp3) is 0.600. The second-order valence-electron chi connectivity index (χ2n) is 5.58. The minimum atomic E-state index is 0.136. The first-order valence-electron chi connectivity index (χ1n) is 6.47. The summed E-state index contributed by atoms with van der Waals surface area (Å²) in [5.41, 5.74) is 8.72. The lowest BCUT2D eigenvalue weighted by Gasteiger charge is -2.51. The third-order valence-electron chi connectivity index (χ3n) is 4.41. The maximum absolute atomic E-state index is 6.13. The highest BCUT2D eigenvalue weighted by molar-refractivity contribution is 5.36. The molecule has 94 valence electrons. The van der Waals surface area contributed by atoms with Gasteiger partial charge in [-0.3, -0.25) is 0 Å². The summed E-state index contributed by atoms with van der Waals surface area (Å²) >= 11 is 0. The van der Waals surface area contributed by atoms with Gasteiger partial charge in [0.2, 0.25) is 0 Å². The molecule has 1 aliphatic rings. The van der Waals surface area contributed by atoms with Gasteiger partial charge >= 0.3 is 0 Å². The van der Waals surface area contributed by atoms with Crippen LogP contribution in [-0.4, -0.2) is 12.1 Å². The molecule has 3 unspecified atom stereocenters. The van der Waals surface area contributed by atoms with E-state index in [4.69, 9.17) is 10.5 Å². The number of benzene rings is 1. The summed E-state index contributed by atoms with van der Waals surface area (Å²) in [4.78, 5) is 0. The molecule has 2 rings (SSSR count). The average Bonchev–Trinajstić information content (AvgIpc) is 2.30. The predicted molar refractivity (Wildman–Crippen MR) is 71.3 cm³/mol. The standard InChI is InChI=1S/C15H23NO/c1-5-15(4)13(16)9-14(15)17-12-7-6-10(2)8-11(12)3/h6-8,13-14H,5,9,16H2,1-4H3. The largest absolute Gasteiger partial charge is 0.489 e. The lowest BCUT2D eigenvalue weighted by Crippen LogP contribution is -2.61. The Morgan fingerprint density at radius 3 is 2.65 bits per heavy atom. The number of ether oxygens (including phenoxy) is 1. The van der Waals surface area contributed by atoms with Crippen LogP contribution in [0.3, 0.4) is 0 Å². The summed E-state index contributed by atoms with van der Waals surface area (Å²) in [5.74, 6) is 1.01. The van der Waals surface area contributed by atoms with Gasteiger partial charge in [-0.25, -0.2) is 0 Å². The van der Waals surface area contributed by atoms with Crippen LogP contribution in [-0.2, 0) is 0 Å².